The van der Waals surface area contributed by atoms with Gasteiger partial charge in [-0.05, 0) is 18.1 Å². The Bertz CT molecular complexity index is 573. The van der Waals surface area contributed by atoms with Crippen LogP contribution in [0.25, 0.3) is 0 Å². The van der Waals surface area contributed by atoms with Gasteiger partial charge in [-0.25, -0.2) is 8.42 Å². The lowest BCUT2D eigenvalue weighted by molar-refractivity contribution is 0.353. The van der Waals surface area contributed by atoms with Crippen molar-refractivity contribution in [1.29, 1.82) is 0 Å². The molecule has 0 amide bonds. The first-order valence-corrected chi connectivity index (χ1v) is 7.83. The molecule has 0 unspecified atom stereocenters. The molecule has 1 aromatic rings. The third-order valence-electron chi connectivity index (χ3n) is 3.07. The van der Waals surface area contributed by atoms with Crippen LogP contribution >= 0.6 is 11.6 Å². The molecule has 0 aliphatic carbocycles. The van der Waals surface area contributed by atoms with Gasteiger partial charge in [0.15, 0.2) is 11.5 Å². The lowest BCUT2D eigenvalue weighted by Crippen LogP contribution is -2.25. The van der Waals surface area contributed by atoms with Gasteiger partial charge in [0, 0.05) is 25.0 Å². The number of alkyl halides is 1. The molecule has 7 heteroatoms. The molecule has 0 aromatic heterocycles. The highest BCUT2D eigenvalue weighted by Gasteiger charge is 2.35. The van der Waals surface area contributed by atoms with Crippen LogP contribution in [0.15, 0.2) is 17.0 Å². The second-order valence-electron chi connectivity index (χ2n) is 4.20. The molecule has 0 fully saturated rings. The zero-order chi connectivity index (χ0) is 14.0. The molecule has 0 N–H and O–H groups in total. The maximum Gasteiger partial charge on any atom is 0.243 e. The average Bonchev–Trinajstić information content (AvgIpc) is 2.65. The zero-order valence-corrected chi connectivity index (χ0v) is 12.4. The second-order valence-corrected chi connectivity index (χ2v) is 6.48. The summed E-state index contributed by atoms with van der Waals surface area (Å²) in [5.74, 6) is 1.40. The minimum Gasteiger partial charge on any atom is -0.493 e. The average molecular weight is 306 g/mol. The molecule has 1 aliphatic heterocycles. The predicted octanol–water partition coefficient (Wildman–Crippen LogP) is 1.84. The van der Waals surface area contributed by atoms with Gasteiger partial charge in [0.2, 0.25) is 10.0 Å². The van der Waals surface area contributed by atoms with E-state index in [0.717, 1.165) is 5.56 Å². The highest BCUT2D eigenvalue weighted by atomic mass is 35.5. The summed E-state index contributed by atoms with van der Waals surface area (Å²) in [4.78, 5) is 0.291. The van der Waals surface area contributed by atoms with Gasteiger partial charge >= 0.3 is 0 Å². The highest BCUT2D eigenvalue weighted by molar-refractivity contribution is 7.89. The van der Waals surface area contributed by atoms with Gasteiger partial charge < -0.3 is 9.47 Å². The van der Waals surface area contributed by atoms with Gasteiger partial charge in [-0.15, -0.1) is 11.6 Å². The van der Waals surface area contributed by atoms with Crippen LogP contribution in [0.1, 0.15) is 12.0 Å². The van der Waals surface area contributed by atoms with E-state index in [9.17, 15) is 8.42 Å². The van der Waals surface area contributed by atoms with E-state index in [2.05, 4.69) is 0 Å². The van der Waals surface area contributed by atoms with E-state index in [1.807, 2.05) is 0 Å². The Kier molecular flexibility index (Phi) is 4.23. The Labute approximate surface area is 118 Å². The van der Waals surface area contributed by atoms with Crippen molar-refractivity contribution in [3.63, 3.8) is 0 Å². The third kappa shape index (κ3) is 2.52. The Balaban J connectivity index is 2.42. The molecule has 106 valence electrons. The molecule has 0 saturated carbocycles. The van der Waals surface area contributed by atoms with E-state index in [-0.39, 0.29) is 0 Å². The first kappa shape index (κ1) is 14.4. The van der Waals surface area contributed by atoms with Crippen LogP contribution in [0.5, 0.6) is 11.5 Å². The molecule has 2 rings (SSSR count). The summed E-state index contributed by atoms with van der Waals surface area (Å²) in [6.07, 6.45) is 0.628. The van der Waals surface area contributed by atoms with Crippen molar-refractivity contribution in [1.82, 2.24) is 4.31 Å². The quantitative estimate of drug-likeness (QED) is 0.779. The summed E-state index contributed by atoms with van der Waals surface area (Å²) < 4.78 is 36.4. The number of ether oxygens (including phenoxy) is 2. The molecule has 0 radical (unpaired) electrons. The number of hydrogen-bond donors (Lipinski definition) is 0. The minimum atomic E-state index is -3.44. The maximum absolute atomic E-state index is 12.3. The molecule has 1 aliphatic rings. The number of benzene rings is 1. The summed E-state index contributed by atoms with van der Waals surface area (Å²) in [5.41, 5.74) is 0.729. The number of hydrogen-bond acceptors (Lipinski definition) is 4. The van der Waals surface area contributed by atoms with Crippen LogP contribution in [-0.4, -0.2) is 39.4 Å². The van der Waals surface area contributed by atoms with Crippen molar-refractivity contribution < 1.29 is 17.9 Å². The van der Waals surface area contributed by atoms with E-state index in [1.165, 1.54) is 24.6 Å². The molecule has 1 heterocycles. The monoisotopic (exact) mass is 305 g/mol. The molecular formula is C12H16ClNO4S. The Hall–Kier alpha value is -0.980. The minimum absolute atomic E-state index is 0.291. The van der Waals surface area contributed by atoms with Crippen LogP contribution in [0.2, 0.25) is 0 Å². The van der Waals surface area contributed by atoms with Crippen molar-refractivity contribution in [2.24, 2.45) is 0 Å². The van der Waals surface area contributed by atoms with E-state index in [4.69, 9.17) is 21.1 Å². The Morgan fingerprint density at radius 1 is 1.26 bits per heavy atom. The van der Waals surface area contributed by atoms with E-state index >= 15 is 0 Å². The standard InChI is InChI=1S/C12H16ClNO4S/c1-17-10-6-9-8-14(5-3-4-13)19(15,16)12(9)7-11(10)18-2/h6-7H,3-5,8H2,1-2H3. The van der Waals surface area contributed by atoms with Crippen LogP contribution in [0, 0.1) is 0 Å². The van der Waals surface area contributed by atoms with Crippen molar-refractivity contribution >= 4 is 21.6 Å². The first-order chi connectivity index (χ1) is 9.04. The third-order valence-corrected chi connectivity index (χ3v) is 5.27. The molecule has 0 bridgehead atoms. The van der Waals surface area contributed by atoms with Crippen molar-refractivity contribution in [2.45, 2.75) is 17.9 Å². The molecule has 19 heavy (non-hydrogen) atoms. The highest BCUT2D eigenvalue weighted by Crippen LogP contribution is 2.38. The smallest absolute Gasteiger partial charge is 0.243 e. The topological polar surface area (TPSA) is 55.8 Å². The number of methoxy groups -OCH3 is 2. The van der Waals surface area contributed by atoms with E-state index < -0.39 is 10.0 Å². The fourth-order valence-electron chi connectivity index (χ4n) is 2.12. The first-order valence-electron chi connectivity index (χ1n) is 5.85. The number of rotatable bonds is 5. The number of halogens is 1. The fourth-order valence-corrected chi connectivity index (χ4v) is 3.90. The van der Waals surface area contributed by atoms with Crippen molar-refractivity contribution in [2.75, 3.05) is 26.6 Å². The fraction of sp³-hybridized carbons (Fsp3) is 0.500. The molecule has 0 atom stereocenters. The normalized spacial score (nSPS) is 17.2. The summed E-state index contributed by atoms with van der Waals surface area (Å²) in [5, 5.41) is 0. The predicted molar refractivity (Wildman–Crippen MR) is 72.5 cm³/mol. The van der Waals surface area contributed by atoms with E-state index in [0.29, 0.717) is 41.8 Å². The largest absolute Gasteiger partial charge is 0.493 e. The molecule has 0 saturated heterocycles. The van der Waals surface area contributed by atoms with Crippen molar-refractivity contribution in [3.05, 3.63) is 17.7 Å². The van der Waals surface area contributed by atoms with Gasteiger partial charge in [0.1, 0.15) is 0 Å². The summed E-state index contributed by atoms with van der Waals surface area (Å²) in [6.45, 7) is 0.778. The summed E-state index contributed by atoms with van der Waals surface area (Å²) in [6, 6.07) is 3.23. The van der Waals surface area contributed by atoms with Gasteiger partial charge in [-0.3, -0.25) is 0 Å². The van der Waals surface area contributed by atoms with E-state index in [1.54, 1.807) is 6.07 Å². The molecule has 0 spiro atoms. The lowest BCUT2D eigenvalue weighted by Gasteiger charge is -2.12. The zero-order valence-electron chi connectivity index (χ0n) is 10.8. The SMILES string of the molecule is COc1cc2c(cc1OC)S(=O)(=O)N(CCCCl)C2. The van der Waals surface area contributed by atoms with Crippen LogP contribution in [0.4, 0.5) is 0 Å². The van der Waals surface area contributed by atoms with Crippen LogP contribution < -0.4 is 9.47 Å². The Morgan fingerprint density at radius 3 is 2.47 bits per heavy atom. The number of fused-ring (bicyclic) bond motifs is 1. The van der Waals surface area contributed by atoms with Gasteiger partial charge in [-0.2, -0.15) is 4.31 Å². The van der Waals surface area contributed by atoms with Crippen molar-refractivity contribution in [3.8, 4) is 11.5 Å². The maximum atomic E-state index is 12.3. The second kappa shape index (κ2) is 5.56. The lowest BCUT2D eigenvalue weighted by atomic mass is 10.2. The summed E-state index contributed by atoms with van der Waals surface area (Å²) >= 11 is 5.62. The number of nitrogens with zero attached hydrogens (tertiary/aromatic N) is 1. The van der Waals surface area contributed by atoms with Gasteiger partial charge in [0.05, 0.1) is 19.1 Å². The molecular weight excluding hydrogens is 290 g/mol. The Morgan fingerprint density at radius 2 is 1.89 bits per heavy atom. The van der Waals surface area contributed by atoms with Gasteiger partial charge in [0.25, 0.3) is 0 Å². The van der Waals surface area contributed by atoms with Crippen LogP contribution in [0.3, 0.4) is 0 Å². The van der Waals surface area contributed by atoms with Gasteiger partial charge in [-0.1, -0.05) is 0 Å². The molecule has 1 aromatic carbocycles. The molecule has 5 nitrogen and oxygen atoms in total. The summed E-state index contributed by atoms with van der Waals surface area (Å²) in [7, 11) is -0.427. The number of sulfonamides is 1. The van der Waals surface area contributed by atoms with Crippen LogP contribution in [-0.2, 0) is 16.6 Å².